The Labute approximate surface area is 167 Å². The molecular formula is C21H32N2O5. The van der Waals surface area contributed by atoms with E-state index in [4.69, 9.17) is 14.2 Å². The van der Waals surface area contributed by atoms with Crippen LogP contribution in [-0.4, -0.2) is 64.3 Å². The molecule has 156 valence electrons. The van der Waals surface area contributed by atoms with E-state index in [9.17, 15) is 9.59 Å². The first-order chi connectivity index (χ1) is 13.4. The van der Waals surface area contributed by atoms with Crippen molar-refractivity contribution in [2.75, 3.05) is 47.6 Å². The summed E-state index contributed by atoms with van der Waals surface area (Å²) in [5.74, 6) is 0.985. The molecule has 1 fully saturated rings. The van der Waals surface area contributed by atoms with E-state index in [-0.39, 0.29) is 29.6 Å². The maximum Gasteiger partial charge on any atom is 0.225 e. The van der Waals surface area contributed by atoms with Crippen molar-refractivity contribution in [1.29, 1.82) is 0 Å². The van der Waals surface area contributed by atoms with E-state index >= 15 is 0 Å². The zero-order chi connectivity index (χ0) is 20.7. The van der Waals surface area contributed by atoms with Gasteiger partial charge in [-0.15, -0.1) is 0 Å². The monoisotopic (exact) mass is 392 g/mol. The first-order valence-corrected chi connectivity index (χ1v) is 9.68. The quantitative estimate of drug-likeness (QED) is 0.651. The first-order valence-electron chi connectivity index (χ1n) is 9.68. The fraction of sp³-hybridized carbons (Fsp3) is 0.619. The topological polar surface area (TPSA) is 77.1 Å². The Kier molecular flexibility index (Phi) is 8.11. The van der Waals surface area contributed by atoms with E-state index in [1.807, 2.05) is 32.0 Å². The highest BCUT2D eigenvalue weighted by atomic mass is 16.5. The summed E-state index contributed by atoms with van der Waals surface area (Å²) in [6.45, 7) is 5.80. The molecule has 2 atom stereocenters. The minimum atomic E-state index is -0.353. The molecule has 2 amide bonds. The summed E-state index contributed by atoms with van der Waals surface area (Å²) < 4.78 is 16.0. The van der Waals surface area contributed by atoms with E-state index in [2.05, 4.69) is 5.32 Å². The molecule has 1 aromatic rings. The zero-order valence-corrected chi connectivity index (χ0v) is 17.5. The van der Waals surface area contributed by atoms with Gasteiger partial charge in [0.05, 0.1) is 26.7 Å². The number of hydrogen-bond donors (Lipinski definition) is 1. The molecule has 0 spiro atoms. The molecule has 1 heterocycles. The van der Waals surface area contributed by atoms with Crippen LogP contribution in [0.1, 0.15) is 31.7 Å². The Hall–Kier alpha value is -2.28. The number of carbonyl (C=O) groups is 2. The minimum absolute atomic E-state index is 0.0771. The van der Waals surface area contributed by atoms with Crippen LogP contribution in [0.25, 0.3) is 0 Å². The molecule has 0 bridgehead atoms. The van der Waals surface area contributed by atoms with E-state index in [1.165, 1.54) is 0 Å². The van der Waals surface area contributed by atoms with Gasteiger partial charge in [0.2, 0.25) is 11.8 Å². The van der Waals surface area contributed by atoms with E-state index in [0.29, 0.717) is 44.2 Å². The van der Waals surface area contributed by atoms with Gasteiger partial charge in [-0.1, -0.05) is 26.0 Å². The van der Waals surface area contributed by atoms with Crippen molar-refractivity contribution in [2.45, 2.75) is 26.2 Å². The summed E-state index contributed by atoms with van der Waals surface area (Å²) >= 11 is 0. The standard InChI is InChI=1S/C21H32N2O5/c1-14(2)11-19(24)23-12-16(17(13-23)21(25)22-9-10-26-3)15-7-6-8-18(27-4)20(15)28-5/h6-8,14,16-17H,9-13H2,1-5H3,(H,22,25)/t16-,17-/m0/s1. The van der Waals surface area contributed by atoms with Crippen LogP contribution in [-0.2, 0) is 14.3 Å². The summed E-state index contributed by atoms with van der Waals surface area (Å²) in [5.41, 5.74) is 0.883. The molecule has 7 nitrogen and oxygen atoms in total. The van der Waals surface area contributed by atoms with Crippen LogP contribution in [0, 0.1) is 11.8 Å². The largest absolute Gasteiger partial charge is 0.493 e. The lowest BCUT2D eigenvalue weighted by Gasteiger charge is -2.21. The predicted molar refractivity (Wildman–Crippen MR) is 107 cm³/mol. The normalized spacial score (nSPS) is 19.0. The maximum absolute atomic E-state index is 12.9. The SMILES string of the molecule is COCCNC(=O)[C@H]1CN(C(=O)CC(C)C)C[C@H]1c1cccc(OC)c1OC. The van der Waals surface area contributed by atoms with Crippen LogP contribution in [0.15, 0.2) is 18.2 Å². The third-order valence-corrected chi connectivity index (χ3v) is 5.03. The number of rotatable bonds is 9. The van der Waals surface area contributed by atoms with Crippen LogP contribution < -0.4 is 14.8 Å². The molecule has 1 saturated heterocycles. The van der Waals surface area contributed by atoms with Crippen molar-refractivity contribution in [3.8, 4) is 11.5 Å². The summed E-state index contributed by atoms with van der Waals surface area (Å²) in [6, 6.07) is 5.65. The van der Waals surface area contributed by atoms with Gasteiger partial charge in [-0.05, 0) is 12.0 Å². The van der Waals surface area contributed by atoms with Crippen molar-refractivity contribution in [3.05, 3.63) is 23.8 Å². The molecule has 7 heteroatoms. The fourth-order valence-corrected chi connectivity index (χ4v) is 3.68. The van der Waals surface area contributed by atoms with Crippen LogP contribution in [0.3, 0.4) is 0 Å². The molecule has 0 saturated carbocycles. The van der Waals surface area contributed by atoms with Gasteiger partial charge in [-0.2, -0.15) is 0 Å². The Balaban J connectivity index is 2.31. The zero-order valence-electron chi connectivity index (χ0n) is 17.5. The smallest absolute Gasteiger partial charge is 0.225 e. The van der Waals surface area contributed by atoms with Gasteiger partial charge in [0.1, 0.15) is 0 Å². The molecule has 0 aromatic heterocycles. The van der Waals surface area contributed by atoms with Crippen molar-refractivity contribution in [2.24, 2.45) is 11.8 Å². The number of carbonyl (C=O) groups excluding carboxylic acids is 2. The lowest BCUT2D eigenvalue weighted by atomic mass is 9.87. The summed E-state index contributed by atoms with van der Waals surface area (Å²) in [7, 11) is 4.77. The number of nitrogens with zero attached hydrogens (tertiary/aromatic N) is 1. The molecule has 28 heavy (non-hydrogen) atoms. The van der Waals surface area contributed by atoms with Crippen LogP contribution in [0.2, 0.25) is 0 Å². The fourth-order valence-electron chi connectivity index (χ4n) is 3.68. The van der Waals surface area contributed by atoms with Crippen molar-refractivity contribution in [3.63, 3.8) is 0 Å². The molecule has 2 rings (SSSR count). The van der Waals surface area contributed by atoms with E-state index in [1.54, 1.807) is 26.2 Å². The van der Waals surface area contributed by atoms with Gasteiger partial charge in [-0.3, -0.25) is 9.59 Å². The summed E-state index contributed by atoms with van der Waals surface area (Å²) in [6.07, 6.45) is 0.472. The average molecular weight is 392 g/mol. The minimum Gasteiger partial charge on any atom is -0.493 e. The molecular weight excluding hydrogens is 360 g/mol. The van der Waals surface area contributed by atoms with Crippen LogP contribution in [0.5, 0.6) is 11.5 Å². The molecule has 1 aromatic carbocycles. The molecule has 0 radical (unpaired) electrons. The molecule has 0 aliphatic carbocycles. The number of benzene rings is 1. The number of methoxy groups -OCH3 is 3. The number of para-hydroxylation sites is 1. The maximum atomic E-state index is 12.9. The van der Waals surface area contributed by atoms with Gasteiger partial charge in [0.15, 0.2) is 11.5 Å². The van der Waals surface area contributed by atoms with Gasteiger partial charge in [0.25, 0.3) is 0 Å². The van der Waals surface area contributed by atoms with Crippen molar-refractivity contribution in [1.82, 2.24) is 10.2 Å². The highest BCUT2D eigenvalue weighted by Gasteiger charge is 2.41. The van der Waals surface area contributed by atoms with E-state index < -0.39 is 0 Å². The molecule has 1 aliphatic heterocycles. The number of hydrogen-bond acceptors (Lipinski definition) is 5. The molecule has 1 N–H and O–H groups in total. The number of amides is 2. The van der Waals surface area contributed by atoms with Gasteiger partial charge < -0.3 is 24.4 Å². The molecule has 0 unspecified atom stereocenters. The number of ether oxygens (including phenoxy) is 3. The van der Waals surface area contributed by atoms with Gasteiger partial charge in [-0.25, -0.2) is 0 Å². The Morgan fingerprint density at radius 3 is 2.54 bits per heavy atom. The first kappa shape index (κ1) is 22.0. The van der Waals surface area contributed by atoms with E-state index in [0.717, 1.165) is 5.56 Å². The number of nitrogens with one attached hydrogen (secondary N) is 1. The van der Waals surface area contributed by atoms with Crippen molar-refractivity contribution >= 4 is 11.8 Å². The van der Waals surface area contributed by atoms with Crippen LogP contribution >= 0.6 is 0 Å². The molecule has 1 aliphatic rings. The lowest BCUT2D eigenvalue weighted by molar-refractivity contribution is -0.131. The number of likely N-dealkylation sites (tertiary alicyclic amines) is 1. The highest BCUT2D eigenvalue weighted by molar-refractivity contribution is 5.83. The predicted octanol–water partition coefficient (Wildman–Crippen LogP) is 2.05. The summed E-state index contributed by atoms with van der Waals surface area (Å²) in [4.78, 5) is 27.3. The third-order valence-electron chi connectivity index (χ3n) is 5.03. The third kappa shape index (κ3) is 5.16. The second kappa shape index (κ2) is 10.3. The van der Waals surface area contributed by atoms with Gasteiger partial charge >= 0.3 is 0 Å². The van der Waals surface area contributed by atoms with Crippen LogP contribution in [0.4, 0.5) is 0 Å². The van der Waals surface area contributed by atoms with Gasteiger partial charge in [0, 0.05) is 44.6 Å². The average Bonchev–Trinajstić information content (AvgIpc) is 3.12. The Morgan fingerprint density at radius 1 is 1.18 bits per heavy atom. The Morgan fingerprint density at radius 2 is 1.93 bits per heavy atom. The Bertz CT molecular complexity index is 677. The second-order valence-electron chi connectivity index (χ2n) is 7.48. The highest BCUT2D eigenvalue weighted by Crippen LogP contribution is 2.42. The second-order valence-corrected chi connectivity index (χ2v) is 7.48. The van der Waals surface area contributed by atoms with Crippen molar-refractivity contribution < 1.29 is 23.8 Å². The lowest BCUT2D eigenvalue weighted by Crippen LogP contribution is -2.37. The summed E-state index contributed by atoms with van der Waals surface area (Å²) in [5, 5.41) is 2.92.